The average Bonchev–Trinajstić information content (AvgIpc) is 2.56. The van der Waals surface area contributed by atoms with Crippen LogP contribution in [0.5, 0.6) is 0 Å². The fourth-order valence-corrected chi connectivity index (χ4v) is 5.36. The van der Waals surface area contributed by atoms with Crippen molar-refractivity contribution in [2.75, 3.05) is 13.1 Å². The summed E-state index contributed by atoms with van der Waals surface area (Å²) in [6.07, 6.45) is 6.68. The molecule has 0 unspecified atom stereocenters. The van der Waals surface area contributed by atoms with Gasteiger partial charge in [-0.1, -0.05) is 25.5 Å². The van der Waals surface area contributed by atoms with Gasteiger partial charge in [-0.3, -0.25) is 9.69 Å². The summed E-state index contributed by atoms with van der Waals surface area (Å²) in [6, 6.07) is 0.658. The van der Waals surface area contributed by atoms with Gasteiger partial charge in [0.05, 0.1) is 0 Å². The van der Waals surface area contributed by atoms with Crippen molar-refractivity contribution in [1.29, 1.82) is 0 Å². The second-order valence-corrected chi connectivity index (χ2v) is 7.22. The topological polar surface area (TPSA) is 20.3 Å². The molecule has 2 aliphatic heterocycles. The highest BCUT2D eigenvalue weighted by Gasteiger charge is 2.60. The largest absolute Gasteiger partial charge is 0.299 e. The van der Waals surface area contributed by atoms with E-state index in [-0.39, 0.29) is 5.41 Å². The van der Waals surface area contributed by atoms with Gasteiger partial charge in [-0.25, -0.2) is 0 Å². The van der Waals surface area contributed by atoms with E-state index in [0.717, 1.165) is 37.6 Å². The summed E-state index contributed by atoms with van der Waals surface area (Å²) in [7, 11) is 0. The van der Waals surface area contributed by atoms with Crippen LogP contribution in [0.25, 0.3) is 0 Å². The van der Waals surface area contributed by atoms with Crippen LogP contribution in [0.2, 0.25) is 0 Å². The number of carbonyl (C=O) groups excluding carboxylic acids is 1. The standard InChI is InChI=1S/C16H23NO/c1-10-8-17-9-12-4-3-5-14(18)13-6-11(10)7-15(17)16(12,13)2/h4,10-11,13,15H,3,5-9H2,1-2H3/t10-,11+,13+,15+,16-/m0/s1. The number of rotatable bonds is 0. The van der Waals surface area contributed by atoms with E-state index < -0.39 is 0 Å². The summed E-state index contributed by atoms with van der Waals surface area (Å²) < 4.78 is 0. The highest BCUT2D eigenvalue weighted by Crippen LogP contribution is 2.59. The van der Waals surface area contributed by atoms with Crippen molar-refractivity contribution in [1.82, 2.24) is 4.90 Å². The smallest absolute Gasteiger partial charge is 0.137 e. The number of hydrogen-bond donors (Lipinski definition) is 0. The van der Waals surface area contributed by atoms with Gasteiger partial charge in [0.1, 0.15) is 5.78 Å². The summed E-state index contributed by atoms with van der Waals surface area (Å²) in [4.78, 5) is 15.2. The molecule has 0 aromatic heterocycles. The number of hydrogen-bond acceptors (Lipinski definition) is 2. The summed E-state index contributed by atoms with van der Waals surface area (Å²) in [5.41, 5.74) is 1.78. The van der Waals surface area contributed by atoms with Crippen LogP contribution in [0.4, 0.5) is 0 Å². The van der Waals surface area contributed by atoms with Gasteiger partial charge >= 0.3 is 0 Å². The van der Waals surface area contributed by atoms with Crippen molar-refractivity contribution in [3.05, 3.63) is 11.6 Å². The number of carbonyl (C=O) groups is 1. The molecule has 5 atom stereocenters. The van der Waals surface area contributed by atoms with Gasteiger partial charge in [0, 0.05) is 36.9 Å². The molecule has 2 heteroatoms. The monoisotopic (exact) mass is 245 g/mol. The zero-order chi connectivity index (χ0) is 12.5. The molecule has 4 rings (SSSR count). The Balaban J connectivity index is 1.86. The Hall–Kier alpha value is -0.630. The number of allylic oxidation sites excluding steroid dienone is 1. The zero-order valence-electron chi connectivity index (χ0n) is 11.5. The van der Waals surface area contributed by atoms with E-state index in [9.17, 15) is 4.79 Å². The summed E-state index contributed by atoms with van der Waals surface area (Å²) in [6.45, 7) is 7.17. The minimum absolute atomic E-state index is 0.185. The molecule has 2 aliphatic carbocycles. The fraction of sp³-hybridized carbons (Fsp3) is 0.812. The van der Waals surface area contributed by atoms with Gasteiger partial charge in [0.2, 0.25) is 0 Å². The molecule has 0 spiro atoms. The molecule has 2 heterocycles. The second-order valence-electron chi connectivity index (χ2n) is 7.22. The lowest BCUT2D eigenvalue weighted by Crippen LogP contribution is -2.55. The Kier molecular flexibility index (Phi) is 2.16. The Morgan fingerprint density at radius 3 is 3.06 bits per heavy atom. The molecular formula is C16H23NO. The van der Waals surface area contributed by atoms with Crippen molar-refractivity contribution in [2.45, 2.75) is 45.6 Å². The van der Waals surface area contributed by atoms with Crippen LogP contribution in [0.15, 0.2) is 11.6 Å². The van der Waals surface area contributed by atoms with Gasteiger partial charge in [-0.2, -0.15) is 0 Å². The minimum Gasteiger partial charge on any atom is -0.299 e. The lowest BCUT2D eigenvalue weighted by Gasteiger charge is -2.52. The lowest BCUT2D eigenvalue weighted by atomic mass is 9.56. The highest BCUT2D eigenvalue weighted by molar-refractivity contribution is 5.83. The molecule has 2 saturated heterocycles. The van der Waals surface area contributed by atoms with E-state index in [1.165, 1.54) is 13.0 Å². The summed E-state index contributed by atoms with van der Waals surface area (Å²) >= 11 is 0. The van der Waals surface area contributed by atoms with Crippen LogP contribution in [-0.2, 0) is 4.79 Å². The van der Waals surface area contributed by atoms with E-state index in [4.69, 9.17) is 0 Å². The van der Waals surface area contributed by atoms with E-state index in [1.807, 2.05) is 0 Å². The van der Waals surface area contributed by atoms with Crippen molar-refractivity contribution < 1.29 is 4.79 Å². The van der Waals surface area contributed by atoms with Crippen LogP contribution in [-0.4, -0.2) is 29.8 Å². The van der Waals surface area contributed by atoms with E-state index in [0.29, 0.717) is 17.7 Å². The molecule has 4 aliphatic rings. The molecule has 98 valence electrons. The predicted molar refractivity (Wildman–Crippen MR) is 71.2 cm³/mol. The quantitative estimate of drug-likeness (QED) is 0.612. The Morgan fingerprint density at radius 2 is 2.22 bits per heavy atom. The molecule has 0 N–H and O–H groups in total. The number of Topliss-reactive ketones (excluding diaryl/α,β-unsaturated/α-hetero) is 1. The Bertz CT molecular complexity index is 440. The van der Waals surface area contributed by atoms with Crippen molar-refractivity contribution >= 4 is 5.78 Å². The first-order valence-corrected chi connectivity index (χ1v) is 7.57. The molecule has 2 nitrogen and oxygen atoms in total. The van der Waals surface area contributed by atoms with Crippen molar-refractivity contribution in [2.24, 2.45) is 23.2 Å². The van der Waals surface area contributed by atoms with Gasteiger partial charge in [0.25, 0.3) is 0 Å². The number of ketones is 1. The second kappa shape index (κ2) is 3.47. The zero-order valence-corrected chi connectivity index (χ0v) is 11.5. The summed E-state index contributed by atoms with van der Waals surface area (Å²) in [5, 5.41) is 0. The highest BCUT2D eigenvalue weighted by atomic mass is 16.1. The molecule has 18 heavy (non-hydrogen) atoms. The third-order valence-electron chi connectivity index (χ3n) is 6.48. The minimum atomic E-state index is 0.185. The predicted octanol–water partition coefficient (Wildman–Crippen LogP) is 2.64. The molecule has 0 radical (unpaired) electrons. The van der Waals surface area contributed by atoms with E-state index in [2.05, 4.69) is 24.8 Å². The average molecular weight is 245 g/mol. The molecule has 1 saturated carbocycles. The number of fused-ring (bicyclic) bond motifs is 1. The lowest BCUT2D eigenvalue weighted by molar-refractivity contribution is -0.132. The molecule has 0 amide bonds. The van der Waals surface area contributed by atoms with Crippen LogP contribution in [0, 0.1) is 23.2 Å². The third kappa shape index (κ3) is 1.20. The maximum absolute atomic E-state index is 12.5. The molecule has 2 bridgehead atoms. The maximum Gasteiger partial charge on any atom is 0.137 e. The van der Waals surface area contributed by atoms with E-state index in [1.54, 1.807) is 5.57 Å². The van der Waals surface area contributed by atoms with Crippen LogP contribution in [0.1, 0.15) is 39.5 Å². The van der Waals surface area contributed by atoms with Gasteiger partial charge in [0.15, 0.2) is 0 Å². The van der Waals surface area contributed by atoms with Crippen LogP contribution >= 0.6 is 0 Å². The summed E-state index contributed by atoms with van der Waals surface area (Å²) in [5.74, 6) is 2.45. The van der Waals surface area contributed by atoms with Crippen molar-refractivity contribution in [3.8, 4) is 0 Å². The first-order valence-electron chi connectivity index (χ1n) is 7.57. The first kappa shape index (κ1) is 11.2. The first-order chi connectivity index (χ1) is 8.60. The molecule has 0 aromatic carbocycles. The fourth-order valence-electron chi connectivity index (χ4n) is 5.36. The van der Waals surface area contributed by atoms with Crippen LogP contribution < -0.4 is 0 Å². The SMILES string of the molecule is C[C@H]1CN2CC3=CCCC(=O)[C@H]4C[C@@H]1C[C@@H]2[C@@]34C. The van der Waals surface area contributed by atoms with Gasteiger partial charge in [-0.15, -0.1) is 0 Å². The van der Waals surface area contributed by atoms with E-state index >= 15 is 0 Å². The molecular weight excluding hydrogens is 222 g/mol. The number of nitrogens with zero attached hydrogens (tertiary/aromatic N) is 1. The third-order valence-corrected chi connectivity index (χ3v) is 6.48. The van der Waals surface area contributed by atoms with Crippen LogP contribution in [0.3, 0.4) is 0 Å². The van der Waals surface area contributed by atoms with Gasteiger partial charge < -0.3 is 0 Å². The Labute approximate surface area is 109 Å². The maximum atomic E-state index is 12.5. The Morgan fingerprint density at radius 1 is 1.39 bits per heavy atom. The molecule has 3 fully saturated rings. The van der Waals surface area contributed by atoms with Gasteiger partial charge in [-0.05, 0) is 31.1 Å². The van der Waals surface area contributed by atoms with Crippen molar-refractivity contribution in [3.63, 3.8) is 0 Å². The molecule has 0 aromatic rings. The normalized spacial score (nSPS) is 51.0. The number of piperidine rings is 1.